The van der Waals surface area contributed by atoms with Gasteiger partial charge in [0.2, 0.25) is 0 Å². The molecule has 0 bridgehead atoms. The summed E-state index contributed by atoms with van der Waals surface area (Å²) < 4.78 is 5.29. The van der Waals surface area contributed by atoms with Gasteiger partial charge in [0.05, 0.1) is 13.2 Å². The number of aromatic nitrogens is 1. The van der Waals surface area contributed by atoms with Gasteiger partial charge in [-0.15, -0.1) is 11.3 Å². The van der Waals surface area contributed by atoms with Gasteiger partial charge in [0.15, 0.2) is 5.13 Å². The van der Waals surface area contributed by atoms with Gasteiger partial charge in [-0.1, -0.05) is 17.7 Å². The van der Waals surface area contributed by atoms with E-state index in [1.807, 2.05) is 0 Å². The molecule has 0 saturated carbocycles. The van der Waals surface area contributed by atoms with E-state index >= 15 is 0 Å². The minimum Gasteiger partial charge on any atom is -0.379 e. The lowest BCUT2D eigenvalue weighted by molar-refractivity contribution is 0.0383. The van der Waals surface area contributed by atoms with Crippen LogP contribution < -0.4 is 10.6 Å². The number of halogens is 1. The number of hydrogen-bond acceptors (Lipinski definition) is 6. The Hall–Kier alpha value is -2.00. The van der Waals surface area contributed by atoms with Gasteiger partial charge in [0.25, 0.3) is 11.8 Å². The second-order valence-corrected chi connectivity index (χ2v) is 7.01. The van der Waals surface area contributed by atoms with Gasteiger partial charge < -0.3 is 10.1 Å². The number of nitrogens with zero attached hydrogens (tertiary/aromatic N) is 2. The number of benzene rings is 1. The molecule has 9 heteroatoms. The number of carbonyl (C=O) groups excluding carboxylic acids is 2. The molecule has 1 aliphatic rings. The maximum atomic E-state index is 12.2. The van der Waals surface area contributed by atoms with E-state index in [-0.39, 0.29) is 11.8 Å². The lowest BCUT2D eigenvalue weighted by atomic mass is 10.2. The summed E-state index contributed by atoms with van der Waals surface area (Å²) in [5, 5.41) is 8.00. The van der Waals surface area contributed by atoms with Crippen molar-refractivity contribution < 1.29 is 14.3 Å². The number of rotatable bonds is 6. The second kappa shape index (κ2) is 9.09. The van der Waals surface area contributed by atoms with E-state index in [0.717, 1.165) is 32.8 Å². The highest BCUT2D eigenvalue weighted by Gasteiger charge is 2.14. The normalized spacial score (nSPS) is 14.8. The lowest BCUT2D eigenvalue weighted by Gasteiger charge is -2.26. The van der Waals surface area contributed by atoms with Crippen molar-refractivity contribution in [3.05, 3.63) is 45.9 Å². The Bertz CT molecular complexity index is 777. The molecule has 1 saturated heterocycles. The molecule has 2 amide bonds. The highest BCUT2D eigenvalue weighted by Crippen LogP contribution is 2.17. The SMILES string of the molecule is O=C(Nc1nc(C(=O)NCCN2CCOCC2)cs1)c1cccc(Cl)c1. The summed E-state index contributed by atoms with van der Waals surface area (Å²) in [6, 6.07) is 6.63. The van der Waals surface area contributed by atoms with E-state index < -0.39 is 0 Å². The van der Waals surface area contributed by atoms with Crippen LogP contribution in [0, 0.1) is 0 Å². The summed E-state index contributed by atoms with van der Waals surface area (Å²) >= 11 is 7.09. The van der Waals surface area contributed by atoms with Crippen LogP contribution in [-0.4, -0.2) is 61.1 Å². The lowest BCUT2D eigenvalue weighted by Crippen LogP contribution is -2.41. The molecule has 26 heavy (non-hydrogen) atoms. The van der Waals surface area contributed by atoms with Crippen LogP contribution in [-0.2, 0) is 4.74 Å². The molecule has 3 rings (SSSR count). The van der Waals surface area contributed by atoms with Crippen LogP contribution in [0.4, 0.5) is 5.13 Å². The Morgan fingerprint density at radius 3 is 2.85 bits per heavy atom. The molecule has 1 aliphatic heterocycles. The van der Waals surface area contributed by atoms with Crippen molar-refractivity contribution >= 4 is 39.9 Å². The fourth-order valence-corrected chi connectivity index (χ4v) is 3.35. The fraction of sp³-hybridized carbons (Fsp3) is 0.353. The summed E-state index contributed by atoms with van der Waals surface area (Å²) in [5.74, 6) is -0.570. The van der Waals surface area contributed by atoms with Gasteiger partial charge >= 0.3 is 0 Å². The van der Waals surface area contributed by atoms with Crippen molar-refractivity contribution in [2.75, 3.05) is 44.7 Å². The zero-order chi connectivity index (χ0) is 18.4. The van der Waals surface area contributed by atoms with Gasteiger partial charge in [-0.3, -0.25) is 19.8 Å². The Balaban J connectivity index is 1.48. The van der Waals surface area contributed by atoms with Crippen LogP contribution in [0.5, 0.6) is 0 Å². The smallest absolute Gasteiger partial charge is 0.270 e. The van der Waals surface area contributed by atoms with Crippen molar-refractivity contribution in [2.24, 2.45) is 0 Å². The number of hydrogen-bond donors (Lipinski definition) is 2. The number of thiazole rings is 1. The molecule has 1 aromatic carbocycles. The zero-order valence-corrected chi connectivity index (χ0v) is 15.6. The van der Waals surface area contributed by atoms with Crippen LogP contribution in [0.2, 0.25) is 5.02 Å². The van der Waals surface area contributed by atoms with E-state index in [4.69, 9.17) is 16.3 Å². The number of nitrogens with one attached hydrogen (secondary N) is 2. The third-order valence-electron chi connectivity index (χ3n) is 3.86. The molecule has 138 valence electrons. The van der Waals surface area contributed by atoms with Gasteiger partial charge in [-0.05, 0) is 18.2 Å². The molecule has 1 aromatic heterocycles. The number of anilines is 1. The zero-order valence-electron chi connectivity index (χ0n) is 14.0. The molecule has 7 nitrogen and oxygen atoms in total. The average molecular weight is 395 g/mol. The van der Waals surface area contributed by atoms with Crippen LogP contribution in [0.3, 0.4) is 0 Å². The predicted molar refractivity (Wildman–Crippen MR) is 101 cm³/mol. The Kier molecular flexibility index (Phi) is 6.56. The monoisotopic (exact) mass is 394 g/mol. The van der Waals surface area contributed by atoms with E-state index in [1.165, 1.54) is 11.3 Å². The first-order chi connectivity index (χ1) is 12.6. The summed E-state index contributed by atoms with van der Waals surface area (Å²) in [6.45, 7) is 4.54. The van der Waals surface area contributed by atoms with Crippen LogP contribution in [0.1, 0.15) is 20.8 Å². The van der Waals surface area contributed by atoms with Crippen LogP contribution in [0.15, 0.2) is 29.6 Å². The fourth-order valence-electron chi connectivity index (χ4n) is 2.48. The standard InChI is InChI=1S/C17H19ClN4O3S/c18-13-3-1-2-12(10-13)15(23)21-17-20-14(11-26-17)16(24)19-4-5-22-6-8-25-9-7-22/h1-3,10-11H,4-9H2,(H,19,24)(H,20,21,23). The third-order valence-corrected chi connectivity index (χ3v) is 4.85. The minimum absolute atomic E-state index is 0.252. The van der Waals surface area contributed by atoms with Crippen LogP contribution in [0.25, 0.3) is 0 Å². The van der Waals surface area contributed by atoms with E-state index in [1.54, 1.807) is 29.6 Å². The molecular weight excluding hydrogens is 376 g/mol. The molecule has 0 atom stereocenters. The molecule has 0 radical (unpaired) electrons. The maximum absolute atomic E-state index is 12.2. The summed E-state index contributed by atoms with van der Waals surface area (Å²) in [6.07, 6.45) is 0. The molecule has 0 unspecified atom stereocenters. The van der Waals surface area contributed by atoms with Gasteiger partial charge in [-0.25, -0.2) is 4.98 Å². The topological polar surface area (TPSA) is 83.6 Å². The first kappa shape index (κ1) is 18.8. The highest BCUT2D eigenvalue weighted by atomic mass is 35.5. The van der Waals surface area contributed by atoms with Gasteiger partial charge in [-0.2, -0.15) is 0 Å². The summed E-state index contributed by atoms with van der Waals surface area (Å²) in [5.41, 5.74) is 0.725. The average Bonchev–Trinajstić information content (AvgIpc) is 3.11. The van der Waals surface area contributed by atoms with Crippen molar-refractivity contribution in [3.8, 4) is 0 Å². The van der Waals surface area contributed by atoms with E-state index in [9.17, 15) is 9.59 Å². The third kappa shape index (κ3) is 5.25. The molecule has 0 aliphatic carbocycles. The van der Waals surface area contributed by atoms with E-state index in [0.29, 0.717) is 28.0 Å². The summed E-state index contributed by atoms with van der Waals surface area (Å²) in [4.78, 5) is 30.7. The largest absolute Gasteiger partial charge is 0.379 e. The number of amides is 2. The molecule has 2 N–H and O–H groups in total. The van der Waals surface area contributed by atoms with Gasteiger partial charge in [0.1, 0.15) is 5.69 Å². The highest BCUT2D eigenvalue weighted by molar-refractivity contribution is 7.14. The summed E-state index contributed by atoms with van der Waals surface area (Å²) in [7, 11) is 0. The predicted octanol–water partition coefficient (Wildman–Crippen LogP) is 2.11. The van der Waals surface area contributed by atoms with Gasteiger partial charge in [0, 0.05) is 42.1 Å². The number of ether oxygens (including phenoxy) is 1. The molecule has 2 aromatic rings. The van der Waals surface area contributed by atoms with Crippen molar-refractivity contribution in [1.82, 2.24) is 15.2 Å². The van der Waals surface area contributed by atoms with Crippen molar-refractivity contribution in [2.45, 2.75) is 0 Å². The quantitative estimate of drug-likeness (QED) is 0.784. The van der Waals surface area contributed by atoms with Crippen LogP contribution >= 0.6 is 22.9 Å². The second-order valence-electron chi connectivity index (χ2n) is 5.71. The Labute approximate surface area is 160 Å². The minimum atomic E-state index is -0.318. The maximum Gasteiger partial charge on any atom is 0.270 e. The van der Waals surface area contributed by atoms with E-state index in [2.05, 4.69) is 20.5 Å². The molecule has 0 spiro atoms. The molecule has 1 fully saturated rings. The molecular formula is C17H19ClN4O3S. The number of morpholine rings is 1. The molecule has 2 heterocycles. The first-order valence-electron chi connectivity index (χ1n) is 8.22. The number of carbonyl (C=O) groups is 2. The Morgan fingerprint density at radius 1 is 1.27 bits per heavy atom. The Morgan fingerprint density at radius 2 is 2.08 bits per heavy atom. The van der Waals surface area contributed by atoms with Crippen molar-refractivity contribution in [1.29, 1.82) is 0 Å². The first-order valence-corrected chi connectivity index (χ1v) is 9.48. The van der Waals surface area contributed by atoms with Crippen molar-refractivity contribution in [3.63, 3.8) is 0 Å².